The molecule has 0 aromatic heterocycles. The van der Waals surface area contributed by atoms with Crippen molar-refractivity contribution < 1.29 is 19.1 Å². The Morgan fingerprint density at radius 3 is 2.50 bits per heavy atom. The summed E-state index contributed by atoms with van der Waals surface area (Å²) in [7, 11) is 0. The van der Waals surface area contributed by atoms with E-state index < -0.39 is 5.97 Å². The molecule has 0 fully saturated rings. The number of ether oxygens (including phenoxy) is 1. The highest BCUT2D eigenvalue weighted by molar-refractivity contribution is 8.00. The molecule has 0 saturated carbocycles. The van der Waals surface area contributed by atoms with E-state index >= 15 is 0 Å². The highest BCUT2D eigenvalue weighted by atomic mass is 35.5. The fraction of sp³-hybridized carbons (Fsp3) is 0.438. The molecule has 2 N–H and O–H groups in total. The molecule has 1 aromatic carbocycles. The minimum Gasteiger partial charge on any atom is -0.455 e. The van der Waals surface area contributed by atoms with Crippen molar-refractivity contribution in [3.05, 3.63) is 29.3 Å². The van der Waals surface area contributed by atoms with Gasteiger partial charge in [-0.25, -0.2) is 0 Å². The van der Waals surface area contributed by atoms with E-state index in [9.17, 15) is 14.4 Å². The van der Waals surface area contributed by atoms with Gasteiger partial charge < -0.3 is 15.4 Å². The molecule has 6 nitrogen and oxygen atoms in total. The summed E-state index contributed by atoms with van der Waals surface area (Å²) in [6.07, 6.45) is 1.87. The SMILES string of the molecule is CCCCNC(=O)COC(=O)CSCC(=O)Nc1ccc(Cl)cc1. The first-order valence-electron chi connectivity index (χ1n) is 7.56. The van der Waals surface area contributed by atoms with Gasteiger partial charge in [0.05, 0.1) is 11.5 Å². The molecule has 8 heteroatoms. The molecular formula is C16H21ClN2O4S. The Morgan fingerprint density at radius 2 is 1.83 bits per heavy atom. The van der Waals surface area contributed by atoms with Gasteiger partial charge in [0.25, 0.3) is 5.91 Å². The quantitative estimate of drug-likeness (QED) is 0.487. The predicted octanol–water partition coefficient (Wildman–Crippen LogP) is 2.47. The number of carbonyl (C=O) groups excluding carboxylic acids is 3. The Labute approximate surface area is 150 Å². The van der Waals surface area contributed by atoms with Gasteiger partial charge in [0, 0.05) is 17.3 Å². The second-order valence-electron chi connectivity index (χ2n) is 4.91. The number of halogens is 1. The van der Waals surface area contributed by atoms with Crippen LogP contribution >= 0.6 is 23.4 Å². The lowest BCUT2D eigenvalue weighted by Crippen LogP contribution is -2.29. The van der Waals surface area contributed by atoms with Crippen LogP contribution in [0, 0.1) is 0 Å². The molecule has 0 aliphatic rings. The molecule has 0 saturated heterocycles. The normalized spacial score (nSPS) is 10.1. The lowest BCUT2D eigenvalue weighted by atomic mass is 10.3. The summed E-state index contributed by atoms with van der Waals surface area (Å²) in [5.74, 6) is -0.948. The summed E-state index contributed by atoms with van der Waals surface area (Å²) in [6.45, 7) is 2.30. The average molecular weight is 373 g/mol. The van der Waals surface area contributed by atoms with Crippen LogP contribution < -0.4 is 10.6 Å². The van der Waals surface area contributed by atoms with Gasteiger partial charge in [0.1, 0.15) is 0 Å². The van der Waals surface area contributed by atoms with E-state index in [4.69, 9.17) is 16.3 Å². The van der Waals surface area contributed by atoms with Crippen LogP contribution in [0.25, 0.3) is 0 Å². The fourth-order valence-corrected chi connectivity index (χ4v) is 2.34. The Bertz CT molecular complexity index is 552. The number of thioether (sulfide) groups is 1. The van der Waals surface area contributed by atoms with Crippen molar-refractivity contribution in [3.8, 4) is 0 Å². The Hall–Kier alpha value is -1.73. The monoisotopic (exact) mass is 372 g/mol. The number of hydrogen-bond acceptors (Lipinski definition) is 5. The third-order valence-electron chi connectivity index (χ3n) is 2.80. The van der Waals surface area contributed by atoms with Crippen molar-refractivity contribution in [1.82, 2.24) is 5.32 Å². The van der Waals surface area contributed by atoms with E-state index in [1.807, 2.05) is 6.92 Å². The van der Waals surface area contributed by atoms with E-state index in [1.165, 1.54) is 0 Å². The number of carbonyl (C=O) groups is 3. The van der Waals surface area contributed by atoms with Gasteiger partial charge in [0.2, 0.25) is 5.91 Å². The van der Waals surface area contributed by atoms with Gasteiger partial charge in [0.15, 0.2) is 6.61 Å². The van der Waals surface area contributed by atoms with Crippen molar-refractivity contribution in [2.75, 3.05) is 30.0 Å². The Morgan fingerprint density at radius 1 is 1.12 bits per heavy atom. The molecule has 0 aliphatic carbocycles. The summed E-state index contributed by atoms with van der Waals surface area (Å²) in [4.78, 5) is 34.6. The second kappa shape index (κ2) is 11.8. The molecule has 0 unspecified atom stereocenters. The maximum Gasteiger partial charge on any atom is 0.316 e. The van der Waals surface area contributed by atoms with Crippen LogP contribution in [-0.2, 0) is 19.1 Å². The molecule has 1 rings (SSSR count). The first kappa shape index (κ1) is 20.3. The zero-order chi connectivity index (χ0) is 17.8. The number of hydrogen-bond donors (Lipinski definition) is 2. The lowest BCUT2D eigenvalue weighted by Gasteiger charge is -2.07. The largest absolute Gasteiger partial charge is 0.455 e. The van der Waals surface area contributed by atoms with E-state index in [0.717, 1.165) is 24.6 Å². The highest BCUT2D eigenvalue weighted by Crippen LogP contribution is 2.13. The van der Waals surface area contributed by atoms with E-state index in [-0.39, 0.29) is 29.9 Å². The molecule has 0 spiro atoms. The number of anilines is 1. The third-order valence-corrected chi connectivity index (χ3v) is 3.96. The van der Waals surface area contributed by atoms with Crippen molar-refractivity contribution in [3.63, 3.8) is 0 Å². The van der Waals surface area contributed by atoms with Crippen LogP contribution in [0.5, 0.6) is 0 Å². The van der Waals surface area contributed by atoms with Crippen LogP contribution in [0.15, 0.2) is 24.3 Å². The van der Waals surface area contributed by atoms with Crippen LogP contribution in [0.1, 0.15) is 19.8 Å². The number of esters is 1. The Kier molecular flexibility index (Phi) is 9.95. The maximum absolute atomic E-state index is 11.7. The number of benzene rings is 1. The van der Waals surface area contributed by atoms with Gasteiger partial charge in [-0.1, -0.05) is 24.9 Å². The van der Waals surface area contributed by atoms with Crippen molar-refractivity contribution in [2.45, 2.75) is 19.8 Å². The predicted molar refractivity (Wildman–Crippen MR) is 96.3 cm³/mol. The summed E-state index contributed by atoms with van der Waals surface area (Å²) < 4.78 is 4.83. The molecule has 2 amide bonds. The van der Waals surface area contributed by atoms with E-state index in [2.05, 4.69) is 10.6 Å². The molecule has 0 bridgehead atoms. The first-order chi connectivity index (χ1) is 11.5. The third kappa shape index (κ3) is 9.42. The first-order valence-corrected chi connectivity index (χ1v) is 9.10. The molecule has 24 heavy (non-hydrogen) atoms. The number of rotatable bonds is 10. The fourth-order valence-electron chi connectivity index (χ4n) is 1.60. The zero-order valence-corrected chi connectivity index (χ0v) is 15.0. The minimum absolute atomic E-state index is 0.0102. The van der Waals surface area contributed by atoms with E-state index in [1.54, 1.807) is 24.3 Å². The Balaban J connectivity index is 2.12. The summed E-state index contributed by atoms with van der Waals surface area (Å²) in [5, 5.41) is 5.92. The maximum atomic E-state index is 11.7. The molecule has 132 valence electrons. The summed E-state index contributed by atoms with van der Waals surface area (Å²) >= 11 is 6.88. The molecule has 0 heterocycles. The second-order valence-corrected chi connectivity index (χ2v) is 6.33. The zero-order valence-electron chi connectivity index (χ0n) is 13.5. The average Bonchev–Trinajstić information content (AvgIpc) is 2.55. The minimum atomic E-state index is -0.523. The highest BCUT2D eigenvalue weighted by Gasteiger charge is 2.09. The number of amides is 2. The van der Waals surface area contributed by atoms with Gasteiger partial charge in [-0.05, 0) is 30.7 Å². The molecular weight excluding hydrogens is 352 g/mol. The van der Waals surface area contributed by atoms with Gasteiger partial charge >= 0.3 is 5.97 Å². The van der Waals surface area contributed by atoms with E-state index in [0.29, 0.717) is 17.3 Å². The van der Waals surface area contributed by atoms with Crippen molar-refractivity contribution >= 4 is 46.8 Å². The number of unbranched alkanes of at least 4 members (excludes halogenated alkanes) is 1. The number of nitrogens with one attached hydrogen (secondary N) is 2. The van der Waals surface area contributed by atoms with Crippen molar-refractivity contribution in [1.29, 1.82) is 0 Å². The van der Waals surface area contributed by atoms with Crippen molar-refractivity contribution in [2.24, 2.45) is 0 Å². The molecule has 0 atom stereocenters. The topological polar surface area (TPSA) is 84.5 Å². The van der Waals surface area contributed by atoms with Crippen LogP contribution in [0.2, 0.25) is 5.02 Å². The summed E-state index contributed by atoms with van der Waals surface area (Å²) in [5.41, 5.74) is 0.635. The summed E-state index contributed by atoms with van der Waals surface area (Å²) in [6, 6.07) is 6.73. The lowest BCUT2D eigenvalue weighted by molar-refractivity contribution is -0.145. The molecule has 1 aromatic rings. The van der Waals surface area contributed by atoms with Gasteiger partial charge in [-0.3, -0.25) is 14.4 Å². The molecule has 0 aliphatic heterocycles. The van der Waals surface area contributed by atoms with Gasteiger partial charge in [-0.15, -0.1) is 11.8 Å². The van der Waals surface area contributed by atoms with Gasteiger partial charge in [-0.2, -0.15) is 0 Å². The standard InChI is InChI=1S/C16H21ClN2O4S/c1-2-3-8-18-14(20)9-23-16(22)11-24-10-15(21)19-13-6-4-12(17)5-7-13/h4-7H,2-3,8-11H2,1H3,(H,18,20)(H,19,21). The van der Waals surface area contributed by atoms with Crippen LogP contribution in [-0.4, -0.2) is 42.4 Å². The molecule has 0 radical (unpaired) electrons. The van der Waals surface area contributed by atoms with Crippen LogP contribution in [0.4, 0.5) is 5.69 Å². The smallest absolute Gasteiger partial charge is 0.316 e. The van der Waals surface area contributed by atoms with Crippen LogP contribution in [0.3, 0.4) is 0 Å².